The molecule has 0 radical (unpaired) electrons. The first kappa shape index (κ1) is 29.8. The highest BCUT2D eigenvalue weighted by Crippen LogP contribution is 2.44. The molecule has 5 atom stereocenters. The van der Waals surface area contributed by atoms with Crippen molar-refractivity contribution in [3.8, 4) is 0 Å². The fourth-order valence-corrected chi connectivity index (χ4v) is 6.46. The molecule has 3 heterocycles. The van der Waals surface area contributed by atoms with Crippen LogP contribution in [0, 0.1) is 5.82 Å². The van der Waals surface area contributed by atoms with Gasteiger partial charge >= 0.3 is 12.4 Å². The lowest BCUT2D eigenvalue weighted by Gasteiger charge is -2.43. The van der Waals surface area contributed by atoms with Crippen LogP contribution >= 0.6 is 0 Å². The van der Waals surface area contributed by atoms with E-state index in [0.29, 0.717) is 50.0 Å². The second kappa shape index (κ2) is 11.2. The van der Waals surface area contributed by atoms with E-state index < -0.39 is 47.4 Å². The maximum Gasteiger partial charge on any atom is 0.416 e. The summed E-state index contributed by atoms with van der Waals surface area (Å²) in [5, 5.41) is 9.90. The third kappa shape index (κ3) is 6.39. The Morgan fingerprint density at radius 1 is 0.951 bits per heavy atom. The fraction of sp³-hybridized carbons (Fsp3) is 0.552. The molecule has 41 heavy (non-hydrogen) atoms. The van der Waals surface area contributed by atoms with Crippen molar-refractivity contribution in [2.75, 3.05) is 19.6 Å². The summed E-state index contributed by atoms with van der Waals surface area (Å²) in [6.07, 6.45) is -10.3. The standard InChI is InChI=1S/C29H31F7N2O3/c1-16(18-10-19(28(31,32)33)12-20(11-18)29(34,35)36)41-25-15-38-24(27(25)17-2-4-21(30)5-3-17)13-22(14-26(38)40)37-8-6-23(39)7-9-37/h2-5,10-12,16,22-25,27,39H,6-9,13-15H2,1H3/t16-,22?,24+,25+,27+/m1/s1. The van der Waals surface area contributed by atoms with Gasteiger partial charge in [-0.1, -0.05) is 12.1 Å². The molecule has 3 aliphatic heterocycles. The molecule has 5 rings (SSSR count). The minimum atomic E-state index is -4.99. The average molecular weight is 589 g/mol. The number of amides is 1. The van der Waals surface area contributed by atoms with E-state index in [2.05, 4.69) is 4.90 Å². The number of aliphatic hydroxyl groups excluding tert-OH is 1. The van der Waals surface area contributed by atoms with Crippen LogP contribution in [0.4, 0.5) is 30.7 Å². The SMILES string of the molecule is C[C@@H](O[C@H]1CN2C(=O)CC(N3CCC(O)CC3)C[C@H]2[C@@H]1c1ccc(F)cc1)c1cc(C(F)(F)F)cc(C(F)(F)F)c1. The van der Waals surface area contributed by atoms with Gasteiger partial charge in [0.15, 0.2) is 0 Å². The minimum absolute atomic E-state index is 0.0752. The number of aliphatic hydroxyl groups is 1. The first-order chi connectivity index (χ1) is 19.2. The Morgan fingerprint density at radius 3 is 2.10 bits per heavy atom. The molecule has 0 spiro atoms. The number of hydrogen-bond donors (Lipinski definition) is 1. The van der Waals surface area contributed by atoms with E-state index in [4.69, 9.17) is 4.74 Å². The fourth-order valence-electron chi connectivity index (χ4n) is 6.46. The van der Waals surface area contributed by atoms with Gasteiger partial charge in [-0.15, -0.1) is 0 Å². The van der Waals surface area contributed by atoms with Crippen LogP contribution in [0.3, 0.4) is 0 Å². The molecule has 3 fully saturated rings. The van der Waals surface area contributed by atoms with E-state index in [1.807, 2.05) is 0 Å². The maximum atomic E-state index is 13.8. The smallest absolute Gasteiger partial charge is 0.393 e. The number of likely N-dealkylation sites (tertiary alicyclic amines) is 1. The van der Waals surface area contributed by atoms with E-state index in [1.54, 1.807) is 17.0 Å². The van der Waals surface area contributed by atoms with Crippen LogP contribution < -0.4 is 0 Å². The second-order valence-electron chi connectivity index (χ2n) is 11.2. The zero-order valence-electron chi connectivity index (χ0n) is 22.3. The van der Waals surface area contributed by atoms with E-state index in [9.17, 15) is 40.6 Å². The minimum Gasteiger partial charge on any atom is -0.393 e. The highest BCUT2D eigenvalue weighted by atomic mass is 19.4. The first-order valence-electron chi connectivity index (χ1n) is 13.6. The van der Waals surface area contributed by atoms with Crippen LogP contribution in [-0.2, 0) is 21.9 Å². The van der Waals surface area contributed by atoms with Crippen molar-refractivity contribution < 1.29 is 45.4 Å². The Kier molecular flexibility index (Phi) is 8.12. The summed E-state index contributed by atoms with van der Waals surface area (Å²) in [7, 11) is 0. The van der Waals surface area contributed by atoms with Crippen LogP contribution in [-0.4, -0.2) is 64.7 Å². The number of carbonyl (C=O) groups excluding carboxylic acids is 1. The molecule has 1 unspecified atom stereocenters. The number of alkyl halides is 6. The van der Waals surface area contributed by atoms with E-state index in [0.717, 1.165) is 0 Å². The van der Waals surface area contributed by atoms with Crippen molar-refractivity contribution in [1.29, 1.82) is 0 Å². The van der Waals surface area contributed by atoms with Crippen molar-refractivity contribution in [3.63, 3.8) is 0 Å². The maximum absolute atomic E-state index is 13.8. The third-order valence-electron chi connectivity index (χ3n) is 8.56. The van der Waals surface area contributed by atoms with Crippen LogP contribution in [0.15, 0.2) is 42.5 Å². The zero-order valence-corrected chi connectivity index (χ0v) is 22.3. The molecule has 12 heteroatoms. The topological polar surface area (TPSA) is 53.0 Å². The molecule has 3 aliphatic rings. The first-order valence-corrected chi connectivity index (χ1v) is 13.6. The number of carbonyl (C=O) groups is 1. The Bertz CT molecular complexity index is 1210. The summed E-state index contributed by atoms with van der Waals surface area (Å²) >= 11 is 0. The lowest BCUT2D eigenvalue weighted by Crippen LogP contribution is -2.53. The summed E-state index contributed by atoms with van der Waals surface area (Å²) in [5.41, 5.74) is -2.48. The number of hydrogen-bond acceptors (Lipinski definition) is 4. The van der Waals surface area contributed by atoms with E-state index in [-0.39, 0.29) is 48.7 Å². The predicted molar refractivity (Wildman–Crippen MR) is 134 cm³/mol. The molecule has 5 nitrogen and oxygen atoms in total. The van der Waals surface area contributed by atoms with Crippen molar-refractivity contribution in [1.82, 2.24) is 9.80 Å². The number of ether oxygens (including phenoxy) is 1. The van der Waals surface area contributed by atoms with Crippen LogP contribution in [0.25, 0.3) is 0 Å². The van der Waals surface area contributed by atoms with Crippen molar-refractivity contribution in [2.24, 2.45) is 0 Å². The molecule has 224 valence electrons. The van der Waals surface area contributed by atoms with Gasteiger partial charge in [-0.3, -0.25) is 9.69 Å². The molecular formula is C29H31F7N2O3. The molecule has 1 N–H and O–H groups in total. The Hall–Kier alpha value is -2.70. The summed E-state index contributed by atoms with van der Waals surface area (Å²) in [5.74, 6) is -1.07. The Labute approximate surface area is 232 Å². The normalized spacial score (nSPS) is 27.2. The highest BCUT2D eigenvalue weighted by molar-refractivity contribution is 5.79. The molecule has 2 aromatic rings. The van der Waals surface area contributed by atoms with Gasteiger partial charge in [-0.05, 0) is 67.6 Å². The number of halogens is 7. The van der Waals surface area contributed by atoms with Gasteiger partial charge in [0.05, 0.1) is 29.4 Å². The van der Waals surface area contributed by atoms with Crippen molar-refractivity contribution >= 4 is 5.91 Å². The average Bonchev–Trinajstić information content (AvgIpc) is 3.26. The third-order valence-corrected chi connectivity index (χ3v) is 8.56. The summed E-state index contributed by atoms with van der Waals surface area (Å²) in [4.78, 5) is 17.2. The number of piperidine rings is 2. The van der Waals surface area contributed by atoms with Gasteiger partial charge in [0, 0.05) is 44.1 Å². The van der Waals surface area contributed by atoms with Gasteiger partial charge in [-0.2, -0.15) is 26.3 Å². The van der Waals surface area contributed by atoms with Crippen LogP contribution in [0.5, 0.6) is 0 Å². The Balaban J connectivity index is 1.45. The molecule has 2 aromatic carbocycles. The molecule has 0 saturated carbocycles. The van der Waals surface area contributed by atoms with Gasteiger partial charge < -0.3 is 14.7 Å². The Morgan fingerprint density at radius 2 is 1.54 bits per heavy atom. The summed E-state index contributed by atoms with van der Waals surface area (Å²) in [6.45, 7) is 2.77. The zero-order chi connectivity index (χ0) is 29.7. The number of benzene rings is 2. The van der Waals surface area contributed by atoms with Crippen molar-refractivity contribution in [3.05, 3.63) is 70.5 Å². The van der Waals surface area contributed by atoms with Crippen LogP contribution in [0.1, 0.15) is 66.9 Å². The van der Waals surface area contributed by atoms with Gasteiger partial charge in [0.1, 0.15) is 5.82 Å². The van der Waals surface area contributed by atoms with E-state index >= 15 is 0 Å². The predicted octanol–water partition coefficient (Wildman–Crippen LogP) is 5.92. The van der Waals surface area contributed by atoms with Gasteiger partial charge in [-0.25, -0.2) is 4.39 Å². The molecule has 0 aliphatic carbocycles. The van der Waals surface area contributed by atoms with Gasteiger partial charge in [0.25, 0.3) is 0 Å². The second-order valence-corrected chi connectivity index (χ2v) is 11.2. The molecular weight excluding hydrogens is 557 g/mol. The quantitative estimate of drug-likeness (QED) is 0.441. The monoisotopic (exact) mass is 588 g/mol. The largest absolute Gasteiger partial charge is 0.416 e. The lowest BCUT2D eigenvalue weighted by molar-refractivity contribution is -0.143. The van der Waals surface area contributed by atoms with Crippen LogP contribution in [0.2, 0.25) is 0 Å². The highest BCUT2D eigenvalue weighted by Gasteiger charge is 2.50. The van der Waals surface area contributed by atoms with E-state index in [1.165, 1.54) is 19.1 Å². The number of nitrogens with zero attached hydrogens (tertiary/aromatic N) is 2. The molecule has 3 saturated heterocycles. The molecule has 0 aromatic heterocycles. The number of fused-ring (bicyclic) bond motifs is 1. The number of rotatable bonds is 5. The molecule has 1 amide bonds. The van der Waals surface area contributed by atoms with Gasteiger partial charge in [0.2, 0.25) is 5.91 Å². The van der Waals surface area contributed by atoms with Crippen molar-refractivity contribution in [2.45, 2.75) is 81.3 Å². The lowest BCUT2D eigenvalue weighted by atomic mass is 9.83. The molecule has 0 bridgehead atoms. The summed E-state index contributed by atoms with van der Waals surface area (Å²) < 4.78 is 101. The summed E-state index contributed by atoms with van der Waals surface area (Å²) in [6, 6.07) is 6.62.